The van der Waals surface area contributed by atoms with Gasteiger partial charge in [0.1, 0.15) is 0 Å². The minimum atomic E-state index is -0.426. The number of fused-ring (bicyclic) bond motifs is 1. The number of hydrogen-bond acceptors (Lipinski definition) is 5. The topological polar surface area (TPSA) is 65.0 Å². The maximum Gasteiger partial charge on any atom is 0.325 e. The summed E-state index contributed by atoms with van der Waals surface area (Å²) in [6, 6.07) is -0.796. The van der Waals surface area contributed by atoms with Crippen LogP contribution in [0.25, 0.3) is 0 Å². The summed E-state index contributed by atoms with van der Waals surface area (Å²) >= 11 is 1.71. The lowest BCUT2D eigenvalue weighted by molar-refractivity contribution is -0.126. The van der Waals surface area contributed by atoms with Crippen LogP contribution in [0.2, 0.25) is 0 Å². The molecule has 2 heterocycles. The minimum Gasteiger partial charge on any atom is -0.332 e. The number of rotatable bonds is 11. The van der Waals surface area contributed by atoms with Gasteiger partial charge in [-0.3, -0.25) is 10.1 Å². The molecule has 0 aromatic rings. The highest BCUT2D eigenvalue weighted by molar-refractivity contribution is 8.13. The Morgan fingerprint density at radius 3 is 2.44 bits per heavy atom. The smallest absolute Gasteiger partial charge is 0.325 e. The van der Waals surface area contributed by atoms with Gasteiger partial charge in [0.25, 0.3) is 5.91 Å². The van der Waals surface area contributed by atoms with Crippen molar-refractivity contribution in [1.29, 1.82) is 0 Å². The predicted molar refractivity (Wildman–Crippen MR) is 113 cm³/mol. The number of amides is 3. The van der Waals surface area contributed by atoms with Crippen molar-refractivity contribution in [2.24, 2.45) is 4.99 Å². The zero-order valence-electron chi connectivity index (χ0n) is 16.9. The van der Waals surface area contributed by atoms with Gasteiger partial charge < -0.3 is 9.80 Å². The Balaban J connectivity index is 1.82. The lowest BCUT2D eigenvalue weighted by atomic mass is 10.1. The van der Waals surface area contributed by atoms with Crippen LogP contribution in [0.5, 0.6) is 0 Å². The molecule has 2 atom stereocenters. The number of aliphatic imine (C=N–C) groups is 1. The molecule has 0 spiro atoms. The first-order valence-electron chi connectivity index (χ1n) is 10.3. The summed E-state index contributed by atoms with van der Waals surface area (Å²) in [5.41, 5.74) is 0. The maximum absolute atomic E-state index is 12.4. The van der Waals surface area contributed by atoms with E-state index in [4.69, 9.17) is 4.99 Å². The molecule has 2 unspecified atom stereocenters. The molecule has 0 saturated carbocycles. The summed E-state index contributed by atoms with van der Waals surface area (Å²) in [4.78, 5) is 32.5. The Kier molecular flexibility index (Phi) is 9.18. The maximum atomic E-state index is 12.4. The Morgan fingerprint density at radius 2 is 1.78 bits per heavy atom. The molecule has 1 fully saturated rings. The van der Waals surface area contributed by atoms with Gasteiger partial charge >= 0.3 is 6.03 Å². The van der Waals surface area contributed by atoms with Crippen molar-refractivity contribution in [1.82, 2.24) is 15.1 Å². The third kappa shape index (κ3) is 5.99. The molecule has 152 valence electrons. The van der Waals surface area contributed by atoms with E-state index in [0.29, 0.717) is 6.54 Å². The van der Waals surface area contributed by atoms with Gasteiger partial charge in [-0.1, -0.05) is 75.8 Å². The number of nitrogens with zero attached hydrogens (tertiary/aromatic N) is 3. The van der Waals surface area contributed by atoms with Crippen molar-refractivity contribution in [2.75, 3.05) is 19.3 Å². The number of amidine groups is 1. The molecule has 1 saturated heterocycles. The Labute approximate surface area is 167 Å². The quantitative estimate of drug-likeness (QED) is 0.425. The third-order valence-electron chi connectivity index (χ3n) is 5.09. The molecule has 0 aromatic heterocycles. The van der Waals surface area contributed by atoms with Crippen LogP contribution in [0.3, 0.4) is 0 Å². The second-order valence-electron chi connectivity index (χ2n) is 7.22. The van der Waals surface area contributed by atoms with Crippen molar-refractivity contribution in [3.8, 4) is 0 Å². The van der Waals surface area contributed by atoms with E-state index in [0.717, 1.165) is 17.3 Å². The second-order valence-corrected chi connectivity index (χ2v) is 8.28. The highest BCUT2D eigenvalue weighted by Crippen LogP contribution is 2.28. The number of likely N-dealkylation sites (N-methyl/N-ethyl adjacent to an activating group) is 1. The normalized spacial score (nSPS) is 22.4. The number of allylic oxidation sites excluding steroid dienone is 1. The summed E-state index contributed by atoms with van der Waals surface area (Å²) in [6.07, 6.45) is 14.0. The van der Waals surface area contributed by atoms with Gasteiger partial charge in [0.15, 0.2) is 17.4 Å². The standard InChI is InChI=1S/C20H34N4O2S/c1-4-6-8-9-10-11-12-13-15-27-20-21-17-16(24(20)14-7-5-2)18(25)22-19(26)23(17)3/h5,7,16-17H,4,6,8-15H2,1-3H3,(H,22,25,26)/b7-5+. The number of imide groups is 1. The van der Waals surface area contributed by atoms with E-state index in [9.17, 15) is 9.59 Å². The molecule has 1 N–H and O–H groups in total. The molecular formula is C20H34N4O2S. The van der Waals surface area contributed by atoms with Crippen LogP contribution in [0.15, 0.2) is 17.1 Å². The molecule has 0 bridgehead atoms. The second kappa shape index (κ2) is 11.4. The van der Waals surface area contributed by atoms with Crippen LogP contribution >= 0.6 is 11.8 Å². The molecular weight excluding hydrogens is 360 g/mol. The largest absolute Gasteiger partial charge is 0.332 e. The lowest BCUT2D eigenvalue weighted by Gasteiger charge is -2.35. The fourth-order valence-corrected chi connectivity index (χ4v) is 4.50. The van der Waals surface area contributed by atoms with E-state index in [-0.39, 0.29) is 11.9 Å². The molecule has 2 rings (SSSR count). The van der Waals surface area contributed by atoms with Crippen molar-refractivity contribution < 1.29 is 9.59 Å². The number of urea groups is 1. The van der Waals surface area contributed by atoms with E-state index in [1.165, 1.54) is 49.8 Å². The monoisotopic (exact) mass is 394 g/mol. The highest BCUT2D eigenvalue weighted by atomic mass is 32.2. The van der Waals surface area contributed by atoms with Gasteiger partial charge in [0, 0.05) is 19.3 Å². The molecule has 0 aromatic carbocycles. The number of thioether (sulfide) groups is 1. The van der Waals surface area contributed by atoms with Gasteiger partial charge in [-0.25, -0.2) is 9.79 Å². The molecule has 2 aliphatic rings. The first-order chi connectivity index (χ1) is 13.1. The summed E-state index contributed by atoms with van der Waals surface area (Å²) in [7, 11) is 1.70. The van der Waals surface area contributed by atoms with Crippen LogP contribution in [-0.2, 0) is 4.79 Å². The van der Waals surface area contributed by atoms with E-state index < -0.39 is 12.2 Å². The van der Waals surface area contributed by atoms with Gasteiger partial charge in [-0.15, -0.1) is 0 Å². The Bertz CT molecular complexity index is 564. The molecule has 27 heavy (non-hydrogen) atoms. The van der Waals surface area contributed by atoms with Crippen molar-refractivity contribution in [3.63, 3.8) is 0 Å². The van der Waals surface area contributed by atoms with Crippen molar-refractivity contribution in [2.45, 2.75) is 77.4 Å². The Hall–Kier alpha value is -1.50. The number of nitrogens with one attached hydrogen (secondary N) is 1. The average molecular weight is 395 g/mol. The summed E-state index contributed by atoms with van der Waals surface area (Å²) in [5, 5.41) is 3.31. The molecule has 2 aliphatic heterocycles. The lowest BCUT2D eigenvalue weighted by Crippen LogP contribution is -2.63. The van der Waals surface area contributed by atoms with E-state index in [1.54, 1.807) is 18.8 Å². The van der Waals surface area contributed by atoms with Crippen LogP contribution < -0.4 is 5.32 Å². The summed E-state index contributed by atoms with van der Waals surface area (Å²) in [5.74, 6) is 0.748. The summed E-state index contributed by atoms with van der Waals surface area (Å²) < 4.78 is 0. The number of carbonyl (C=O) groups is 2. The third-order valence-corrected chi connectivity index (χ3v) is 6.18. The predicted octanol–water partition coefficient (Wildman–Crippen LogP) is 3.98. The van der Waals surface area contributed by atoms with E-state index >= 15 is 0 Å². The van der Waals surface area contributed by atoms with Gasteiger partial charge in [0.05, 0.1) is 0 Å². The van der Waals surface area contributed by atoms with Gasteiger partial charge in [-0.05, 0) is 13.3 Å². The number of unbranched alkanes of at least 4 members (excludes halogenated alkanes) is 7. The van der Waals surface area contributed by atoms with E-state index in [2.05, 4.69) is 12.2 Å². The molecule has 3 amide bonds. The molecule has 7 heteroatoms. The average Bonchev–Trinajstić information content (AvgIpc) is 3.02. The van der Waals surface area contributed by atoms with Crippen LogP contribution in [-0.4, -0.2) is 58.5 Å². The van der Waals surface area contributed by atoms with Crippen molar-refractivity contribution in [3.05, 3.63) is 12.2 Å². The first kappa shape index (κ1) is 21.8. The SMILES string of the molecule is C/C=C/CN1C(SCCCCCCCCCC)=NC2C1C(=O)NC(=O)N2C. The zero-order valence-corrected chi connectivity index (χ0v) is 17.8. The first-order valence-corrected chi connectivity index (χ1v) is 11.2. The van der Waals surface area contributed by atoms with Gasteiger partial charge in [-0.2, -0.15) is 0 Å². The van der Waals surface area contributed by atoms with E-state index in [1.807, 2.05) is 24.0 Å². The molecule has 6 nitrogen and oxygen atoms in total. The van der Waals surface area contributed by atoms with Crippen LogP contribution in [0.1, 0.15) is 65.2 Å². The van der Waals surface area contributed by atoms with Crippen LogP contribution in [0.4, 0.5) is 4.79 Å². The highest BCUT2D eigenvalue weighted by Gasteiger charge is 2.48. The summed E-state index contributed by atoms with van der Waals surface area (Å²) in [6.45, 7) is 4.85. The van der Waals surface area contributed by atoms with Gasteiger partial charge in [0.2, 0.25) is 0 Å². The fraction of sp³-hybridized carbons (Fsp3) is 0.750. The Morgan fingerprint density at radius 1 is 1.11 bits per heavy atom. The minimum absolute atomic E-state index is 0.251. The number of carbonyl (C=O) groups excluding carboxylic acids is 2. The number of hydrogen-bond donors (Lipinski definition) is 1. The molecule has 0 aliphatic carbocycles. The molecule has 0 radical (unpaired) electrons. The van der Waals surface area contributed by atoms with Crippen LogP contribution in [0, 0.1) is 0 Å². The zero-order chi connectivity index (χ0) is 19.6. The fourth-order valence-electron chi connectivity index (χ4n) is 3.43. The van der Waals surface area contributed by atoms with Crippen molar-refractivity contribution >= 4 is 28.9 Å².